The normalized spacial score (nSPS) is 11.0. The van der Waals surface area contributed by atoms with Crippen molar-refractivity contribution in [3.8, 4) is 0 Å². The van der Waals surface area contributed by atoms with E-state index >= 15 is 0 Å². The Morgan fingerprint density at radius 3 is 3.00 bits per heavy atom. The maximum Gasteiger partial charge on any atom is 0.242 e. The van der Waals surface area contributed by atoms with E-state index in [0.29, 0.717) is 0 Å². The lowest BCUT2D eigenvalue weighted by atomic mass is 10.2. The second kappa shape index (κ2) is 4.45. The topological polar surface area (TPSA) is 57.2 Å². The smallest absolute Gasteiger partial charge is 0.242 e. The first kappa shape index (κ1) is 9.51. The molecule has 4 heteroatoms. The summed E-state index contributed by atoms with van der Waals surface area (Å²) in [6.07, 6.45) is 3.37. The van der Waals surface area contributed by atoms with Gasteiger partial charge in [0.25, 0.3) is 0 Å². The number of nitrogens with zero attached hydrogens (tertiary/aromatic N) is 1. The summed E-state index contributed by atoms with van der Waals surface area (Å²) < 4.78 is 0. The zero-order valence-electron chi connectivity index (χ0n) is 7.74. The molecule has 0 aliphatic rings. The minimum atomic E-state index is -0.0807. The molecule has 0 aliphatic heterocycles. The van der Waals surface area contributed by atoms with Crippen LogP contribution < -0.4 is 5.43 Å². The summed E-state index contributed by atoms with van der Waals surface area (Å²) >= 11 is 0. The van der Waals surface area contributed by atoms with Gasteiger partial charge in [-0.15, -0.1) is 0 Å². The van der Waals surface area contributed by atoms with Gasteiger partial charge >= 0.3 is 0 Å². The number of hydrogen-bond acceptors (Lipinski definition) is 2. The minimum absolute atomic E-state index is 0.0409. The quantitative estimate of drug-likeness (QED) is 0.530. The maximum absolute atomic E-state index is 11.0. The standard InChI is InChI=1S/C9H13N3O/c1-7(2)9(13)12-11-6-8-4-3-5-10-8/h3-7,10H,1-2H3,(H,12,13). The van der Waals surface area contributed by atoms with Gasteiger partial charge in [-0.05, 0) is 12.1 Å². The Morgan fingerprint density at radius 1 is 1.69 bits per heavy atom. The number of carbonyl (C=O) groups is 1. The number of hydrogen-bond donors (Lipinski definition) is 2. The van der Waals surface area contributed by atoms with Gasteiger partial charge in [-0.1, -0.05) is 13.8 Å². The van der Waals surface area contributed by atoms with Crippen LogP contribution in [0, 0.1) is 5.92 Å². The summed E-state index contributed by atoms with van der Waals surface area (Å²) in [5.41, 5.74) is 3.30. The molecule has 1 rings (SSSR count). The molecule has 0 atom stereocenters. The molecule has 0 radical (unpaired) electrons. The molecule has 0 bridgehead atoms. The number of rotatable bonds is 3. The van der Waals surface area contributed by atoms with E-state index in [2.05, 4.69) is 15.5 Å². The Bertz CT molecular complexity index is 288. The summed E-state index contributed by atoms with van der Waals surface area (Å²) in [6.45, 7) is 3.64. The Hall–Kier alpha value is -1.58. The highest BCUT2D eigenvalue weighted by molar-refractivity contribution is 5.81. The van der Waals surface area contributed by atoms with Crippen molar-refractivity contribution < 1.29 is 4.79 Å². The van der Waals surface area contributed by atoms with Crippen LogP contribution in [0.15, 0.2) is 23.4 Å². The third-order valence-corrected chi connectivity index (χ3v) is 1.52. The molecule has 0 aliphatic carbocycles. The largest absolute Gasteiger partial charge is 0.360 e. The number of amides is 1. The minimum Gasteiger partial charge on any atom is -0.360 e. The van der Waals surface area contributed by atoms with Crippen molar-refractivity contribution in [3.05, 3.63) is 24.0 Å². The maximum atomic E-state index is 11.0. The molecule has 2 N–H and O–H groups in total. The first-order valence-corrected chi connectivity index (χ1v) is 4.16. The van der Waals surface area contributed by atoms with Crippen LogP contribution in [0.1, 0.15) is 19.5 Å². The second-order valence-electron chi connectivity index (χ2n) is 3.01. The van der Waals surface area contributed by atoms with Crippen molar-refractivity contribution in [1.82, 2.24) is 10.4 Å². The lowest BCUT2D eigenvalue weighted by Gasteiger charge is -2.00. The van der Waals surface area contributed by atoms with Gasteiger partial charge in [-0.25, -0.2) is 5.43 Å². The van der Waals surface area contributed by atoms with Crippen LogP contribution in [0.5, 0.6) is 0 Å². The number of nitrogens with one attached hydrogen (secondary N) is 2. The molecule has 1 amide bonds. The van der Waals surface area contributed by atoms with Gasteiger partial charge < -0.3 is 4.98 Å². The molecule has 0 fully saturated rings. The molecule has 0 unspecified atom stereocenters. The Kier molecular flexibility index (Phi) is 3.25. The zero-order chi connectivity index (χ0) is 9.68. The molecule has 0 saturated heterocycles. The fourth-order valence-corrected chi connectivity index (χ4v) is 0.719. The molecule has 1 aromatic rings. The SMILES string of the molecule is CC(C)C(=O)NN=Cc1ccc[nH]1. The molecule has 1 heterocycles. The summed E-state index contributed by atoms with van der Waals surface area (Å²) in [5.74, 6) is -0.122. The summed E-state index contributed by atoms with van der Waals surface area (Å²) in [7, 11) is 0. The molecule has 0 aromatic carbocycles. The molecule has 0 spiro atoms. The Balaban J connectivity index is 2.39. The van der Waals surface area contributed by atoms with Gasteiger partial charge in [-0.2, -0.15) is 5.10 Å². The molecule has 1 aromatic heterocycles. The van der Waals surface area contributed by atoms with Crippen molar-refractivity contribution in [3.63, 3.8) is 0 Å². The van der Waals surface area contributed by atoms with Crippen LogP contribution in [0.25, 0.3) is 0 Å². The Labute approximate surface area is 77.0 Å². The highest BCUT2D eigenvalue weighted by Crippen LogP contribution is 1.91. The van der Waals surface area contributed by atoms with Crippen LogP contribution in [-0.4, -0.2) is 17.1 Å². The summed E-state index contributed by atoms with van der Waals surface area (Å²) in [6, 6.07) is 3.73. The van der Waals surface area contributed by atoms with Crippen LogP contribution in [0.2, 0.25) is 0 Å². The van der Waals surface area contributed by atoms with E-state index in [9.17, 15) is 4.79 Å². The van der Waals surface area contributed by atoms with Crippen LogP contribution in [0.3, 0.4) is 0 Å². The van der Waals surface area contributed by atoms with E-state index in [-0.39, 0.29) is 11.8 Å². The third-order valence-electron chi connectivity index (χ3n) is 1.52. The predicted octanol–water partition coefficient (Wildman–Crippen LogP) is 1.12. The number of aromatic nitrogens is 1. The first-order chi connectivity index (χ1) is 6.20. The molecule has 4 nitrogen and oxygen atoms in total. The first-order valence-electron chi connectivity index (χ1n) is 4.16. The van der Waals surface area contributed by atoms with Crippen molar-refractivity contribution in [2.24, 2.45) is 11.0 Å². The lowest BCUT2D eigenvalue weighted by Crippen LogP contribution is -2.22. The summed E-state index contributed by atoms with van der Waals surface area (Å²) in [5, 5.41) is 3.78. The van der Waals surface area contributed by atoms with Crippen LogP contribution >= 0.6 is 0 Å². The van der Waals surface area contributed by atoms with Gasteiger partial charge in [0, 0.05) is 12.1 Å². The number of H-pyrrole nitrogens is 1. The van der Waals surface area contributed by atoms with E-state index in [1.165, 1.54) is 0 Å². The fraction of sp³-hybridized carbons (Fsp3) is 0.333. The van der Waals surface area contributed by atoms with Gasteiger partial charge in [-0.3, -0.25) is 4.79 Å². The zero-order valence-corrected chi connectivity index (χ0v) is 7.74. The van der Waals surface area contributed by atoms with Gasteiger partial charge in [0.2, 0.25) is 5.91 Å². The molecule has 70 valence electrons. The molecule has 13 heavy (non-hydrogen) atoms. The van der Waals surface area contributed by atoms with E-state index in [1.54, 1.807) is 12.4 Å². The average molecular weight is 179 g/mol. The Morgan fingerprint density at radius 2 is 2.46 bits per heavy atom. The van der Waals surface area contributed by atoms with Crippen molar-refractivity contribution in [2.75, 3.05) is 0 Å². The van der Waals surface area contributed by atoms with Gasteiger partial charge in [0.15, 0.2) is 0 Å². The van der Waals surface area contributed by atoms with Crippen LogP contribution in [-0.2, 0) is 4.79 Å². The highest BCUT2D eigenvalue weighted by Gasteiger charge is 2.03. The van der Waals surface area contributed by atoms with Crippen molar-refractivity contribution >= 4 is 12.1 Å². The van der Waals surface area contributed by atoms with Crippen LogP contribution in [0.4, 0.5) is 0 Å². The second-order valence-corrected chi connectivity index (χ2v) is 3.01. The number of carbonyl (C=O) groups excluding carboxylic acids is 1. The van der Waals surface area contributed by atoms with Gasteiger partial charge in [0.05, 0.1) is 11.9 Å². The molecule has 0 saturated carbocycles. The van der Waals surface area contributed by atoms with E-state index in [0.717, 1.165) is 5.69 Å². The average Bonchev–Trinajstić information content (AvgIpc) is 2.56. The van der Waals surface area contributed by atoms with Crippen molar-refractivity contribution in [2.45, 2.75) is 13.8 Å². The number of aromatic amines is 1. The number of hydrazone groups is 1. The van der Waals surface area contributed by atoms with E-state index in [4.69, 9.17) is 0 Å². The molecular formula is C9H13N3O. The third kappa shape index (κ3) is 3.11. The fourth-order valence-electron chi connectivity index (χ4n) is 0.719. The predicted molar refractivity (Wildman–Crippen MR) is 51.4 cm³/mol. The van der Waals surface area contributed by atoms with E-state index in [1.807, 2.05) is 26.0 Å². The highest BCUT2D eigenvalue weighted by atomic mass is 16.2. The monoisotopic (exact) mass is 179 g/mol. The lowest BCUT2D eigenvalue weighted by molar-refractivity contribution is -0.123. The van der Waals surface area contributed by atoms with Crippen molar-refractivity contribution in [1.29, 1.82) is 0 Å². The molecular weight excluding hydrogens is 166 g/mol. The summed E-state index contributed by atoms with van der Waals surface area (Å²) in [4.78, 5) is 14.0. The van der Waals surface area contributed by atoms with Gasteiger partial charge in [0.1, 0.15) is 0 Å². The van der Waals surface area contributed by atoms with E-state index < -0.39 is 0 Å².